The first-order chi connectivity index (χ1) is 12.4. The lowest BCUT2D eigenvalue weighted by Gasteiger charge is -2.22. The zero-order chi connectivity index (χ0) is 19.1. The van der Waals surface area contributed by atoms with E-state index < -0.39 is 10.7 Å². The Hall–Kier alpha value is -2.43. The van der Waals surface area contributed by atoms with E-state index >= 15 is 0 Å². The third-order valence-corrected chi connectivity index (χ3v) is 3.81. The Balaban J connectivity index is 0.00000364. The Morgan fingerprint density at radius 2 is 1.89 bits per heavy atom. The Bertz CT molecular complexity index is 800. The number of aliphatic imine (C=N–C) groups is 1. The summed E-state index contributed by atoms with van der Waals surface area (Å²) in [5, 5.41) is 13.9. The topological polar surface area (TPSA) is 80.0 Å². The molecule has 2 aromatic carbocycles. The first kappa shape index (κ1) is 22.6. The summed E-state index contributed by atoms with van der Waals surface area (Å²) < 4.78 is 18.7. The van der Waals surface area contributed by atoms with Crippen molar-refractivity contribution in [2.45, 2.75) is 13.1 Å². The number of hydrogen-bond acceptors (Lipinski definition) is 4. The second-order valence-electron chi connectivity index (χ2n) is 5.65. The van der Waals surface area contributed by atoms with Crippen LogP contribution in [0.5, 0.6) is 5.75 Å². The molecule has 0 unspecified atom stereocenters. The number of guanidine groups is 1. The molecule has 2 rings (SSSR count). The van der Waals surface area contributed by atoms with E-state index in [1.807, 2.05) is 11.9 Å². The van der Waals surface area contributed by atoms with Gasteiger partial charge in [-0.05, 0) is 23.3 Å². The maximum atomic E-state index is 13.8. The Morgan fingerprint density at radius 1 is 1.26 bits per heavy atom. The molecule has 0 amide bonds. The Kier molecular flexibility index (Phi) is 8.92. The first-order valence-corrected chi connectivity index (χ1v) is 7.92. The standard InChI is InChI=1S/C18H21FN4O3.HI/c1-20-18(21-11-13-4-7-15(8-5-13)23(24)25)22(2)12-14-6-9-17(26-3)16(19)10-14;/h4-10H,11-12H2,1-3H3,(H,20,21);1H. The van der Waals surface area contributed by atoms with E-state index in [9.17, 15) is 14.5 Å². The summed E-state index contributed by atoms with van der Waals surface area (Å²) in [6.45, 7) is 0.923. The SMILES string of the molecule is CN=C(NCc1ccc([N+](=O)[O-])cc1)N(C)Cc1ccc(OC)c(F)c1.I. The third-order valence-electron chi connectivity index (χ3n) is 3.81. The number of ether oxygens (including phenoxy) is 1. The second kappa shape index (κ2) is 10.7. The van der Waals surface area contributed by atoms with Gasteiger partial charge in [-0.2, -0.15) is 0 Å². The van der Waals surface area contributed by atoms with Gasteiger partial charge in [-0.15, -0.1) is 24.0 Å². The molecular weight excluding hydrogens is 466 g/mol. The third kappa shape index (κ3) is 6.35. The van der Waals surface area contributed by atoms with Gasteiger partial charge in [0.25, 0.3) is 5.69 Å². The number of nitrogens with one attached hydrogen (secondary N) is 1. The lowest BCUT2D eigenvalue weighted by atomic mass is 10.2. The number of nitrogens with zero attached hydrogens (tertiary/aromatic N) is 3. The number of non-ortho nitro benzene ring substituents is 1. The van der Waals surface area contributed by atoms with Crippen molar-refractivity contribution in [1.29, 1.82) is 0 Å². The molecule has 0 heterocycles. The Morgan fingerprint density at radius 3 is 2.41 bits per heavy atom. The number of benzene rings is 2. The van der Waals surface area contributed by atoms with E-state index in [0.29, 0.717) is 19.0 Å². The average Bonchev–Trinajstić information content (AvgIpc) is 2.62. The van der Waals surface area contributed by atoms with Gasteiger partial charge < -0.3 is 15.0 Å². The predicted molar refractivity (Wildman–Crippen MR) is 113 cm³/mol. The van der Waals surface area contributed by atoms with E-state index in [2.05, 4.69) is 10.3 Å². The highest BCUT2D eigenvalue weighted by atomic mass is 127. The Labute approximate surface area is 174 Å². The molecule has 1 N–H and O–H groups in total. The average molecular weight is 488 g/mol. The van der Waals surface area contributed by atoms with E-state index in [1.165, 1.54) is 25.3 Å². The molecule has 0 aliphatic carbocycles. The molecule has 0 saturated carbocycles. The summed E-state index contributed by atoms with van der Waals surface area (Å²) in [6, 6.07) is 11.1. The van der Waals surface area contributed by atoms with E-state index in [-0.39, 0.29) is 35.4 Å². The van der Waals surface area contributed by atoms with Crippen LogP contribution in [0, 0.1) is 15.9 Å². The van der Waals surface area contributed by atoms with Gasteiger partial charge in [0.05, 0.1) is 12.0 Å². The molecule has 0 radical (unpaired) electrons. The van der Waals surface area contributed by atoms with Crippen molar-refractivity contribution in [3.8, 4) is 5.75 Å². The fourth-order valence-electron chi connectivity index (χ4n) is 2.46. The number of nitro groups is 1. The molecule has 0 aromatic heterocycles. The van der Waals surface area contributed by atoms with Crippen LogP contribution >= 0.6 is 24.0 Å². The highest BCUT2D eigenvalue weighted by Gasteiger charge is 2.10. The highest BCUT2D eigenvalue weighted by molar-refractivity contribution is 14.0. The van der Waals surface area contributed by atoms with Crippen molar-refractivity contribution in [3.05, 3.63) is 69.5 Å². The zero-order valence-electron chi connectivity index (χ0n) is 15.3. The number of rotatable bonds is 6. The lowest BCUT2D eigenvalue weighted by molar-refractivity contribution is -0.384. The number of nitro benzene ring substituents is 1. The molecule has 146 valence electrons. The van der Waals surface area contributed by atoms with Gasteiger partial charge in [-0.25, -0.2) is 4.39 Å². The highest BCUT2D eigenvalue weighted by Crippen LogP contribution is 2.18. The van der Waals surface area contributed by atoms with E-state index in [0.717, 1.165) is 11.1 Å². The monoisotopic (exact) mass is 488 g/mol. The molecule has 0 saturated heterocycles. The molecule has 2 aromatic rings. The molecule has 0 bridgehead atoms. The predicted octanol–water partition coefficient (Wildman–Crippen LogP) is 3.57. The smallest absolute Gasteiger partial charge is 0.269 e. The maximum Gasteiger partial charge on any atom is 0.269 e. The maximum absolute atomic E-state index is 13.8. The fraction of sp³-hybridized carbons (Fsp3) is 0.278. The molecule has 0 atom stereocenters. The molecule has 7 nitrogen and oxygen atoms in total. The minimum Gasteiger partial charge on any atom is -0.494 e. The van der Waals surface area contributed by atoms with Crippen LogP contribution < -0.4 is 10.1 Å². The van der Waals surface area contributed by atoms with Crippen molar-refractivity contribution in [2.75, 3.05) is 21.2 Å². The normalized spacial score (nSPS) is 10.7. The van der Waals surface area contributed by atoms with Crippen molar-refractivity contribution in [3.63, 3.8) is 0 Å². The quantitative estimate of drug-likeness (QED) is 0.221. The van der Waals surface area contributed by atoms with Crippen LogP contribution in [0.2, 0.25) is 0 Å². The lowest BCUT2D eigenvalue weighted by Crippen LogP contribution is -2.38. The van der Waals surface area contributed by atoms with Gasteiger partial charge in [0.1, 0.15) is 0 Å². The molecule has 0 aliphatic rings. The van der Waals surface area contributed by atoms with Crippen LogP contribution in [-0.4, -0.2) is 37.0 Å². The van der Waals surface area contributed by atoms with Crippen molar-refractivity contribution < 1.29 is 14.1 Å². The van der Waals surface area contributed by atoms with Gasteiger partial charge in [-0.1, -0.05) is 18.2 Å². The van der Waals surface area contributed by atoms with Crippen LogP contribution in [0.15, 0.2) is 47.5 Å². The number of methoxy groups -OCH3 is 1. The van der Waals surface area contributed by atoms with Crippen LogP contribution in [0.25, 0.3) is 0 Å². The molecule has 9 heteroatoms. The molecule has 0 aliphatic heterocycles. The summed E-state index contributed by atoms with van der Waals surface area (Å²) in [5.41, 5.74) is 1.72. The number of halogens is 2. The van der Waals surface area contributed by atoms with Gasteiger partial charge in [0.15, 0.2) is 17.5 Å². The zero-order valence-corrected chi connectivity index (χ0v) is 17.6. The van der Waals surface area contributed by atoms with Crippen LogP contribution in [-0.2, 0) is 13.1 Å². The van der Waals surface area contributed by atoms with Crippen molar-refractivity contribution in [2.24, 2.45) is 4.99 Å². The van der Waals surface area contributed by atoms with Gasteiger partial charge in [-0.3, -0.25) is 15.1 Å². The van der Waals surface area contributed by atoms with Crippen LogP contribution in [0.4, 0.5) is 10.1 Å². The molecule has 0 spiro atoms. The van der Waals surface area contributed by atoms with Crippen LogP contribution in [0.3, 0.4) is 0 Å². The molecule has 0 fully saturated rings. The summed E-state index contributed by atoms with van der Waals surface area (Å²) in [7, 11) is 4.92. The first-order valence-electron chi connectivity index (χ1n) is 7.92. The fourth-order valence-corrected chi connectivity index (χ4v) is 2.46. The minimum absolute atomic E-state index is 0. The van der Waals surface area contributed by atoms with Crippen molar-refractivity contribution in [1.82, 2.24) is 10.2 Å². The van der Waals surface area contributed by atoms with Crippen LogP contribution in [0.1, 0.15) is 11.1 Å². The van der Waals surface area contributed by atoms with E-state index in [4.69, 9.17) is 4.74 Å². The van der Waals surface area contributed by atoms with Gasteiger partial charge in [0.2, 0.25) is 0 Å². The van der Waals surface area contributed by atoms with E-state index in [1.54, 1.807) is 31.3 Å². The van der Waals surface area contributed by atoms with Crippen molar-refractivity contribution >= 4 is 35.6 Å². The minimum atomic E-state index is -0.433. The van der Waals surface area contributed by atoms with Gasteiger partial charge >= 0.3 is 0 Å². The summed E-state index contributed by atoms with van der Waals surface area (Å²) in [6.07, 6.45) is 0. The molecular formula is C18H22FIN4O3. The van der Waals surface area contributed by atoms with Gasteiger partial charge in [0, 0.05) is 39.3 Å². The molecule has 27 heavy (non-hydrogen) atoms. The number of hydrogen-bond donors (Lipinski definition) is 1. The summed E-state index contributed by atoms with van der Waals surface area (Å²) >= 11 is 0. The summed E-state index contributed by atoms with van der Waals surface area (Å²) in [5.74, 6) is 0.420. The second-order valence-corrected chi connectivity index (χ2v) is 5.65. The summed E-state index contributed by atoms with van der Waals surface area (Å²) in [4.78, 5) is 16.3. The largest absolute Gasteiger partial charge is 0.494 e.